The van der Waals surface area contributed by atoms with Crippen LogP contribution >= 0.6 is 0 Å². The van der Waals surface area contributed by atoms with Gasteiger partial charge in [-0.15, -0.1) is 0 Å². The molecule has 55 heavy (non-hydrogen) atoms. The first-order chi connectivity index (χ1) is 26.1. The molecule has 4 amide bonds. The van der Waals surface area contributed by atoms with E-state index in [0.717, 1.165) is 5.56 Å². The number of hydrogen-bond donors (Lipinski definition) is 4. The van der Waals surface area contributed by atoms with Crippen molar-refractivity contribution in [1.29, 1.82) is 0 Å². The van der Waals surface area contributed by atoms with Crippen LogP contribution in [0.3, 0.4) is 0 Å². The van der Waals surface area contributed by atoms with E-state index >= 15 is 0 Å². The number of aliphatic carboxylic acids is 1. The van der Waals surface area contributed by atoms with E-state index < -0.39 is 54.2 Å². The molecule has 8 unspecified atom stereocenters. The van der Waals surface area contributed by atoms with Gasteiger partial charge in [0.25, 0.3) is 0 Å². The van der Waals surface area contributed by atoms with Crippen molar-refractivity contribution in [2.24, 2.45) is 23.5 Å². The lowest BCUT2D eigenvalue weighted by Gasteiger charge is -2.39. The minimum atomic E-state index is -1.14. The Hall–Kier alpha value is -3.63. The second kappa shape index (κ2) is 24.1. The van der Waals surface area contributed by atoms with Crippen LogP contribution in [-0.4, -0.2) is 153 Å². The minimum absolute atomic E-state index is 0.0186. The number of ether oxygens (including phenoxy) is 3. The molecule has 15 nitrogen and oxygen atoms in total. The van der Waals surface area contributed by atoms with Crippen molar-refractivity contribution in [2.75, 3.05) is 67.7 Å². The Bertz CT molecular complexity index is 1350. The molecule has 1 heterocycles. The Balaban J connectivity index is 2.14. The Labute approximate surface area is 327 Å². The molecular weight excluding hydrogens is 708 g/mol. The number of benzene rings is 1. The van der Waals surface area contributed by atoms with Crippen LogP contribution in [0.5, 0.6) is 0 Å². The van der Waals surface area contributed by atoms with Crippen LogP contribution in [0.2, 0.25) is 0 Å². The highest BCUT2D eigenvalue weighted by molar-refractivity contribution is 5.88. The van der Waals surface area contributed by atoms with E-state index in [1.54, 1.807) is 23.8 Å². The van der Waals surface area contributed by atoms with Gasteiger partial charge < -0.3 is 45.5 Å². The van der Waals surface area contributed by atoms with E-state index in [1.807, 2.05) is 70.0 Å². The number of likely N-dealkylation sites (tertiary alicyclic amines) is 1. The summed E-state index contributed by atoms with van der Waals surface area (Å²) >= 11 is 0. The zero-order valence-corrected chi connectivity index (χ0v) is 34.5. The highest BCUT2D eigenvalue weighted by Crippen LogP contribution is 2.29. The Morgan fingerprint density at radius 2 is 1.67 bits per heavy atom. The number of nitrogens with two attached hydrogens (primary N) is 1. The fraction of sp³-hybridized carbons (Fsp3) is 0.725. The molecule has 0 saturated carbocycles. The molecule has 15 heteroatoms. The lowest BCUT2D eigenvalue weighted by atomic mass is 9.90. The fourth-order valence-electron chi connectivity index (χ4n) is 7.62. The highest BCUT2D eigenvalue weighted by Gasteiger charge is 2.42. The number of nitrogens with zero attached hydrogens (tertiary/aromatic N) is 3. The van der Waals surface area contributed by atoms with Crippen molar-refractivity contribution < 1.29 is 43.3 Å². The van der Waals surface area contributed by atoms with Crippen LogP contribution in [-0.2, 0) is 44.6 Å². The van der Waals surface area contributed by atoms with E-state index in [4.69, 9.17) is 19.9 Å². The molecule has 8 atom stereocenters. The molecule has 1 aromatic rings. The third-order valence-electron chi connectivity index (χ3n) is 10.8. The van der Waals surface area contributed by atoms with Gasteiger partial charge in [0.05, 0.1) is 62.4 Å². The first kappa shape index (κ1) is 47.5. The van der Waals surface area contributed by atoms with Gasteiger partial charge in [-0.1, -0.05) is 71.4 Å². The second-order valence-electron chi connectivity index (χ2n) is 15.0. The quantitative estimate of drug-likeness (QED) is 0.106. The maximum atomic E-state index is 14.1. The van der Waals surface area contributed by atoms with Gasteiger partial charge in [0, 0.05) is 47.3 Å². The molecule has 312 valence electrons. The van der Waals surface area contributed by atoms with E-state index in [0.29, 0.717) is 52.1 Å². The summed E-state index contributed by atoms with van der Waals surface area (Å²) in [5.74, 6) is -3.21. The van der Waals surface area contributed by atoms with Crippen molar-refractivity contribution in [1.82, 2.24) is 25.3 Å². The maximum absolute atomic E-state index is 14.1. The van der Waals surface area contributed by atoms with Crippen molar-refractivity contribution >= 4 is 29.6 Å². The number of carboxylic acid groups (broad SMARTS) is 1. The monoisotopic (exact) mass is 777 g/mol. The second-order valence-corrected chi connectivity index (χ2v) is 15.0. The van der Waals surface area contributed by atoms with Crippen LogP contribution in [0.4, 0.5) is 0 Å². The minimum Gasteiger partial charge on any atom is -0.480 e. The van der Waals surface area contributed by atoms with E-state index in [-0.39, 0.29) is 48.9 Å². The topological polar surface area (TPSA) is 193 Å². The third kappa shape index (κ3) is 14.1. The van der Waals surface area contributed by atoms with Gasteiger partial charge in [0.15, 0.2) is 0 Å². The average Bonchev–Trinajstić information content (AvgIpc) is 3.65. The number of amides is 4. The van der Waals surface area contributed by atoms with Crippen LogP contribution in [0, 0.1) is 17.8 Å². The number of nitrogens with one attached hydrogen (secondary N) is 2. The van der Waals surface area contributed by atoms with E-state index in [9.17, 15) is 29.1 Å². The largest absolute Gasteiger partial charge is 0.480 e. The van der Waals surface area contributed by atoms with Crippen LogP contribution in [0.25, 0.3) is 0 Å². The predicted octanol–water partition coefficient (Wildman–Crippen LogP) is 1.77. The Kier molecular flexibility index (Phi) is 20.8. The van der Waals surface area contributed by atoms with Gasteiger partial charge in [-0.25, -0.2) is 4.79 Å². The summed E-state index contributed by atoms with van der Waals surface area (Å²) in [5.41, 5.74) is 6.28. The highest BCUT2D eigenvalue weighted by atomic mass is 16.5. The first-order valence-corrected chi connectivity index (χ1v) is 19.6. The van der Waals surface area contributed by atoms with E-state index in [1.165, 1.54) is 14.2 Å². The van der Waals surface area contributed by atoms with Crippen molar-refractivity contribution in [2.45, 2.75) is 103 Å². The molecular formula is C40H68N6O9. The zero-order chi connectivity index (χ0) is 41.2. The summed E-state index contributed by atoms with van der Waals surface area (Å²) in [4.78, 5) is 71.8. The Morgan fingerprint density at radius 1 is 1.00 bits per heavy atom. The lowest BCUT2D eigenvalue weighted by molar-refractivity contribution is -0.147. The average molecular weight is 777 g/mol. The smallest absolute Gasteiger partial charge is 0.326 e. The number of carbonyl (C=O) groups is 5. The van der Waals surface area contributed by atoms with Gasteiger partial charge in [-0.2, -0.15) is 0 Å². The lowest BCUT2D eigenvalue weighted by Crippen LogP contribution is -2.55. The number of methoxy groups -OCH3 is 2. The number of likely N-dealkylation sites (N-methyl/N-ethyl adjacent to an activating group) is 2. The molecule has 2 rings (SSSR count). The van der Waals surface area contributed by atoms with Crippen LogP contribution in [0.1, 0.15) is 65.9 Å². The maximum Gasteiger partial charge on any atom is 0.326 e. The summed E-state index contributed by atoms with van der Waals surface area (Å²) in [6, 6.07) is 6.57. The molecule has 5 N–H and O–H groups in total. The number of carboxylic acids is 1. The fourth-order valence-corrected chi connectivity index (χ4v) is 7.62. The standard InChI is InChI=1S/C40H68N6O9/c1-10-27(4)36(45(7)34(48)25-42-39(50)35(26(2)3)44(6)20-22-55-21-18-41)32(53-8)24-33(47)46-19-14-17-31(46)37(54-9)28(5)38(49)43-30(40(51)52)23-29-15-12-11-13-16-29/h11-13,15-16,26-28,30-32,35-37H,10,14,17-25,41H2,1-9H3,(H,42,50)(H,43,49)(H,51,52). The first-order valence-electron chi connectivity index (χ1n) is 19.6. The summed E-state index contributed by atoms with van der Waals surface area (Å²) in [6.45, 7) is 11.7. The SMILES string of the molecule is CCC(C)C(C(CC(=O)N1CCCC1C(OC)C(C)C(=O)NC(Cc1ccccc1)C(=O)O)OC)N(C)C(=O)CNC(=O)C(C(C)C)N(C)CCOCCN. The van der Waals surface area contributed by atoms with Gasteiger partial charge in [-0.05, 0) is 37.3 Å². The van der Waals surface area contributed by atoms with Crippen molar-refractivity contribution in [3.8, 4) is 0 Å². The molecule has 1 saturated heterocycles. The van der Waals surface area contributed by atoms with Crippen LogP contribution < -0.4 is 16.4 Å². The third-order valence-corrected chi connectivity index (χ3v) is 10.8. The van der Waals surface area contributed by atoms with Gasteiger partial charge >= 0.3 is 5.97 Å². The summed E-state index contributed by atoms with van der Waals surface area (Å²) < 4.78 is 17.3. The number of rotatable bonds is 25. The molecule has 0 radical (unpaired) electrons. The van der Waals surface area contributed by atoms with Crippen molar-refractivity contribution in [3.05, 3.63) is 35.9 Å². The number of hydrogen-bond acceptors (Lipinski definition) is 10. The van der Waals surface area contributed by atoms with Crippen molar-refractivity contribution in [3.63, 3.8) is 0 Å². The molecule has 1 aliphatic rings. The molecule has 1 aromatic carbocycles. The normalized spacial score (nSPS) is 18.3. The van der Waals surface area contributed by atoms with Gasteiger partial charge in [0.1, 0.15) is 6.04 Å². The van der Waals surface area contributed by atoms with E-state index in [2.05, 4.69) is 10.6 Å². The molecule has 0 spiro atoms. The molecule has 1 fully saturated rings. The Morgan fingerprint density at radius 3 is 2.24 bits per heavy atom. The summed E-state index contributed by atoms with van der Waals surface area (Å²) in [6.07, 6.45) is 0.771. The molecule has 0 aliphatic carbocycles. The van der Waals surface area contributed by atoms with Crippen LogP contribution in [0.15, 0.2) is 30.3 Å². The van der Waals surface area contributed by atoms with Gasteiger partial charge in [-0.3, -0.25) is 24.1 Å². The zero-order valence-electron chi connectivity index (χ0n) is 34.5. The number of carbonyl (C=O) groups excluding carboxylic acids is 4. The van der Waals surface area contributed by atoms with Gasteiger partial charge in [0.2, 0.25) is 23.6 Å². The molecule has 1 aliphatic heterocycles. The molecule has 0 aromatic heterocycles. The predicted molar refractivity (Wildman–Crippen MR) is 210 cm³/mol. The summed E-state index contributed by atoms with van der Waals surface area (Å²) in [5, 5.41) is 15.4. The summed E-state index contributed by atoms with van der Waals surface area (Å²) in [7, 11) is 6.53. The molecule has 0 bridgehead atoms.